The number of hydrogen-bond donors (Lipinski definition) is 3. The van der Waals surface area contributed by atoms with Crippen molar-refractivity contribution < 1.29 is 0 Å². The fraction of sp³-hybridized carbons (Fsp3) is 0.419. The fourth-order valence-corrected chi connectivity index (χ4v) is 6.87. The maximum atomic E-state index is 6.45. The Balaban J connectivity index is 1.17. The van der Waals surface area contributed by atoms with E-state index in [0.717, 1.165) is 71.5 Å². The van der Waals surface area contributed by atoms with Crippen molar-refractivity contribution in [2.75, 3.05) is 18.8 Å². The smallest absolute Gasteiger partial charge is 0.164 e. The average molecular weight is 536 g/mol. The van der Waals surface area contributed by atoms with Crippen LogP contribution in [0.3, 0.4) is 0 Å². The van der Waals surface area contributed by atoms with Crippen LogP contribution in [0.2, 0.25) is 0 Å². The molecule has 2 atom stereocenters. The summed E-state index contributed by atoms with van der Waals surface area (Å²) in [6, 6.07) is 18.7. The minimum atomic E-state index is 0.297. The third kappa shape index (κ3) is 4.73. The molecule has 0 spiro atoms. The van der Waals surface area contributed by atoms with Gasteiger partial charge in [0.2, 0.25) is 0 Å². The van der Waals surface area contributed by atoms with Crippen LogP contribution in [0.25, 0.3) is 33.3 Å². The molecule has 9 nitrogen and oxygen atoms in total. The van der Waals surface area contributed by atoms with Gasteiger partial charge in [-0.2, -0.15) is 5.10 Å². The highest BCUT2D eigenvalue weighted by atomic mass is 15.3. The minimum Gasteiger partial charge on any atom is -0.383 e. The summed E-state index contributed by atoms with van der Waals surface area (Å²) in [7, 11) is 0. The van der Waals surface area contributed by atoms with Crippen LogP contribution in [0.4, 0.5) is 5.82 Å². The molecule has 2 fully saturated rings. The first-order valence-corrected chi connectivity index (χ1v) is 14.5. The topological polar surface area (TPSA) is 114 Å². The van der Waals surface area contributed by atoms with Gasteiger partial charge in [0.1, 0.15) is 23.7 Å². The highest BCUT2D eigenvalue weighted by Gasteiger charge is 2.32. The van der Waals surface area contributed by atoms with Crippen molar-refractivity contribution >= 4 is 27.9 Å². The summed E-state index contributed by atoms with van der Waals surface area (Å²) < 4.78 is 2.12. The molecule has 7 rings (SSSR count). The lowest BCUT2D eigenvalue weighted by atomic mass is 9.89. The summed E-state index contributed by atoms with van der Waals surface area (Å²) >= 11 is 0. The molecule has 9 heteroatoms. The SMILES string of the molecule is C[C@@H]1CN([C@H]2CC[C@H](n3nc(-c4ccc5[nH]c(Cc6ccccc6)nc5c4)c4c(N)ncnc43)CC2)C[C@H](C)N1. The van der Waals surface area contributed by atoms with E-state index in [9.17, 15) is 0 Å². The van der Waals surface area contributed by atoms with Gasteiger partial charge in [0.15, 0.2) is 5.65 Å². The van der Waals surface area contributed by atoms with Gasteiger partial charge in [0, 0.05) is 43.2 Å². The number of piperazine rings is 1. The van der Waals surface area contributed by atoms with E-state index in [-0.39, 0.29) is 0 Å². The van der Waals surface area contributed by atoms with E-state index < -0.39 is 0 Å². The summed E-state index contributed by atoms with van der Waals surface area (Å²) in [5, 5.41) is 9.65. The van der Waals surface area contributed by atoms with Crippen LogP contribution >= 0.6 is 0 Å². The first kappa shape index (κ1) is 25.2. The molecule has 0 amide bonds. The van der Waals surface area contributed by atoms with Crippen molar-refractivity contribution in [1.29, 1.82) is 0 Å². The van der Waals surface area contributed by atoms with Gasteiger partial charge in [-0.3, -0.25) is 4.90 Å². The number of imidazole rings is 1. The Morgan fingerprint density at radius 3 is 2.45 bits per heavy atom. The predicted octanol–water partition coefficient (Wildman–Crippen LogP) is 4.71. The van der Waals surface area contributed by atoms with E-state index in [4.69, 9.17) is 15.8 Å². The van der Waals surface area contributed by atoms with Gasteiger partial charge in [-0.15, -0.1) is 0 Å². The van der Waals surface area contributed by atoms with Gasteiger partial charge in [-0.25, -0.2) is 19.6 Å². The molecule has 1 saturated carbocycles. The number of nitrogens with one attached hydrogen (secondary N) is 2. The Morgan fingerprint density at radius 1 is 0.925 bits per heavy atom. The molecule has 0 radical (unpaired) electrons. The highest BCUT2D eigenvalue weighted by Crippen LogP contribution is 2.37. The summed E-state index contributed by atoms with van der Waals surface area (Å²) in [4.78, 5) is 20.1. The van der Waals surface area contributed by atoms with Crippen LogP contribution in [0, 0.1) is 0 Å². The number of H-pyrrole nitrogens is 1. The van der Waals surface area contributed by atoms with E-state index >= 15 is 0 Å². The van der Waals surface area contributed by atoms with Crippen LogP contribution in [0.1, 0.15) is 57.0 Å². The Kier molecular flexibility index (Phi) is 6.48. The standard InChI is InChI=1S/C31H37N9/c1-19-16-39(17-20(2)35-19)23-9-11-24(12-10-23)40-31-28(30(32)33-18-34-31)29(38-40)22-8-13-25-26(15-22)37-27(36-25)14-21-6-4-3-5-7-21/h3-8,13,15,18-20,23-24,35H,9-12,14,16-17H2,1-2H3,(H,36,37)(H2,32,33,34)/t19-,20+,23-,24-. The average Bonchev–Trinajstić information content (AvgIpc) is 3.55. The molecule has 4 heterocycles. The van der Waals surface area contributed by atoms with Crippen LogP contribution < -0.4 is 11.1 Å². The second-order valence-corrected chi connectivity index (χ2v) is 11.7. The molecule has 2 aromatic carbocycles. The monoisotopic (exact) mass is 535 g/mol. The quantitative estimate of drug-likeness (QED) is 0.299. The zero-order chi connectivity index (χ0) is 27.2. The molecular weight excluding hydrogens is 498 g/mol. The molecular formula is C31H37N9. The number of fused-ring (bicyclic) bond motifs is 2. The van der Waals surface area contributed by atoms with Gasteiger partial charge in [-0.05, 0) is 57.2 Å². The first-order valence-electron chi connectivity index (χ1n) is 14.5. The second kappa shape index (κ2) is 10.3. The maximum absolute atomic E-state index is 6.45. The molecule has 1 aliphatic carbocycles. The van der Waals surface area contributed by atoms with Gasteiger partial charge in [0.05, 0.1) is 22.5 Å². The zero-order valence-corrected chi connectivity index (χ0v) is 23.2. The first-order chi connectivity index (χ1) is 19.5. The van der Waals surface area contributed by atoms with Crippen molar-refractivity contribution in [1.82, 2.24) is 39.9 Å². The van der Waals surface area contributed by atoms with E-state index in [0.29, 0.717) is 30.0 Å². The highest BCUT2D eigenvalue weighted by molar-refractivity contribution is 5.99. The molecule has 40 heavy (non-hydrogen) atoms. The van der Waals surface area contributed by atoms with E-state index in [2.05, 4.69) is 86.2 Å². The summed E-state index contributed by atoms with van der Waals surface area (Å²) in [6.07, 6.45) is 6.83. The van der Waals surface area contributed by atoms with E-state index in [1.807, 2.05) is 6.07 Å². The lowest BCUT2D eigenvalue weighted by Crippen LogP contribution is -2.57. The Labute approximate surface area is 234 Å². The third-order valence-corrected chi connectivity index (χ3v) is 8.65. The van der Waals surface area contributed by atoms with Crippen LogP contribution in [0.5, 0.6) is 0 Å². The summed E-state index contributed by atoms with van der Waals surface area (Å²) in [6.45, 7) is 6.84. The van der Waals surface area contributed by atoms with Gasteiger partial charge >= 0.3 is 0 Å². The Bertz CT molecular complexity index is 1620. The number of benzene rings is 2. The van der Waals surface area contributed by atoms with Crippen molar-refractivity contribution in [2.24, 2.45) is 0 Å². The lowest BCUT2D eigenvalue weighted by molar-refractivity contribution is 0.0875. The molecule has 1 saturated heterocycles. The van der Waals surface area contributed by atoms with Crippen LogP contribution in [0.15, 0.2) is 54.9 Å². The molecule has 4 N–H and O–H groups in total. The molecule has 206 valence electrons. The lowest BCUT2D eigenvalue weighted by Gasteiger charge is -2.43. The Hall–Kier alpha value is -3.82. The summed E-state index contributed by atoms with van der Waals surface area (Å²) in [5.41, 5.74) is 12.2. The number of hydrogen-bond acceptors (Lipinski definition) is 7. The normalized spacial score (nSPS) is 24.1. The minimum absolute atomic E-state index is 0.297. The van der Waals surface area contributed by atoms with Crippen molar-refractivity contribution in [3.05, 3.63) is 66.2 Å². The number of nitrogens with two attached hydrogens (primary N) is 1. The third-order valence-electron chi connectivity index (χ3n) is 8.65. The molecule has 0 bridgehead atoms. The number of nitrogens with zero attached hydrogens (tertiary/aromatic N) is 6. The molecule has 5 aromatic rings. The fourth-order valence-electron chi connectivity index (χ4n) is 6.87. The van der Waals surface area contributed by atoms with E-state index in [1.165, 1.54) is 18.4 Å². The molecule has 0 unspecified atom stereocenters. The van der Waals surface area contributed by atoms with Gasteiger partial charge in [-0.1, -0.05) is 36.4 Å². The van der Waals surface area contributed by atoms with Crippen molar-refractivity contribution in [3.8, 4) is 11.3 Å². The number of aromatic nitrogens is 6. The summed E-state index contributed by atoms with van der Waals surface area (Å²) in [5.74, 6) is 1.41. The van der Waals surface area contributed by atoms with Crippen molar-refractivity contribution in [3.63, 3.8) is 0 Å². The second-order valence-electron chi connectivity index (χ2n) is 11.7. The molecule has 2 aliphatic rings. The number of aromatic amines is 1. The van der Waals surface area contributed by atoms with Crippen LogP contribution in [-0.4, -0.2) is 65.8 Å². The number of nitrogen functional groups attached to an aromatic ring is 1. The number of anilines is 1. The van der Waals surface area contributed by atoms with Gasteiger partial charge < -0.3 is 16.0 Å². The number of rotatable bonds is 5. The Morgan fingerprint density at radius 2 is 1.68 bits per heavy atom. The molecule has 3 aromatic heterocycles. The van der Waals surface area contributed by atoms with Crippen molar-refractivity contribution in [2.45, 2.75) is 70.1 Å². The van der Waals surface area contributed by atoms with Crippen LogP contribution in [-0.2, 0) is 6.42 Å². The predicted molar refractivity (Wildman–Crippen MR) is 159 cm³/mol. The molecule has 1 aliphatic heterocycles. The largest absolute Gasteiger partial charge is 0.383 e. The van der Waals surface area contributed by atoms with E-state index in [1.54, 1.807) is 6.33 Å². The van der Waals surface area contributed by atoms with Gasteiger partial charge in [0.25, 0.3) is 0 Å². The zero-order valence-electron chi connectivity index (χ0n) is 23.2. The maximum Gasteiger partial charge on any atom is 0.164 e.